The van der Waals surface area contributed by atoms with Crippen LogP contribution < -0.4 is 21.5 Å². The van der Waals surface area contributed by atoms with Gasteiger partial charge >= 0.3 is 6.03 Å². The number of hydrogen-bond donors (Lipinski definition) is 4. The van der Waals surface area contributed by atoms with Crippen LogP contribution in [0.2, 0.25) is 0 Å². The summed E-state index contributed by atoms with van der Waals surface area (Å²) in [7, 11) is 0. The molecule has 1 fully saturated rings. The summed E-state index contributed by atoms with van der Waals surface area (Å²) in [6, 6.07) is 6.76. The molecule has 1 saturated heterocycles. The number of benzene rings is 1. The largest absolute Gasteiger partial charge is 0.325 e. The number of nitrogens with one attached hydrogen (secondary N) is 4. The van der Waals surface area contributed by atoms with Gasteiger partial charge in [-0.1, -0.05) is 18.2 Å². The van der Waals surface area contributed by atoms with Gasteiger partial charge in [-0.15, -0.1) is 0 Å². The average molecular weight is 276 g/mol. The predicted octanol–water partition coefficient (Wildman–Crippen LogP) is -0.954. The maximum absolute atomic E-state index is 11.6. The maximum Gasteiger partial charge on any atom is 0.322 e. The Morgan fingerprint density at radius 1 is 1.10 bits per heavy atom. The van der Waals surface area contributed by atoms with Crippen molar-refractivity contribution < 1.29 is 19.2 Å². The third kappa shape index (κ3) is 3.31. The monoisotopic (exact) mass is 276 g/mol. The zero-order valence-corrected chi connectivity index (χ0v) is 10.3. The fraction of sp³-hybridized carbons (Fsp3) is 0.167. The van der Waals surface area contributed by atoms with Crippen LogP contribution in [0, 0.1) is 0 Å². The van der Waals surface area contributed by atoms with E-state index in [1.165, 1.54) is 0 Å². The van der Waals surface area contributed by atoms with Crippen LogP contribution in [0.5, 0.6) is 0 Å². The van der Waals surface area contributed by atoms with Crippen molar-refractivity contribution in [2.45, 2.75) is 12.5 Å². The Balaban J connectivity index is 1.80. The van der Waals surface area contributed by atoms with Gasteiger partial charge in [0.1, 0.15) is 6.04 Å². The molecule has 0 unspecified atom stereocenters. The number of amides is 5. The third-order valence-corrected chi connectivity index (χ3v) is 2.60. The van der Waals surface area contributed by atoms with E-state index in [0.717, 1.165) is 0 Å². The summed E-state index contributed by atoms with van der Waals surface area (Å²) >= 11 is 0. The molecule has 8 heteroatoms. The second-order valence-corrected chi connectivity index (χ2v) is 4.09. The summed E-state index contributed by atoms with van der Waals surface area (Å²) < 4.78 is 0. The minimum absolute atomic E-state index is 0.257. The van der Waals surface area contributed by atoms with E-state index in [9.17, 15) is 19.2 Å². The van der Waals surface area contributed by atoms with Crippen molar-refractivity contribution in [2.24, 2.45) is 0 Å². The Hall–Kier alpha value is -2.90. The number of rotatable bonds is 3. The van der Waals surface area contributed by atoms with Gasteiger partial charge in [-0.25, -0.2) is 4.79 Å². The molecule has 0 saturated carbocycles. The van der Waals surface area contributed by atoms with Crippen LogP contribution in [0.1, 0.15) is 16.8 Å². The van der Waals surface area contributed by atoms with E-state index in [4.69, 9.17) is 0 Å². The van der Waals surface area contributed by atoms with Gasteiger partial charge in [0.25, 0.3) is 11.8 Å². The predicted molar refractivity (Wildman–Crippen MR) is 67.1 cm³/mol. The lowest BCUT2D eigenvalue weighted by Gasteiger charge is -2.09. The van der Waals surface area contributed by atoms with Gasteiger partial charge in [0.2, 0.25) is 5.91 Å². The number of carbonyl (C=O) groups excluding carboxylic acids is 4. The summed E-state index contributed by atoms with van der Waals surface area (Å²) in [6.07, 6.45) is -0.257. The van der Waals surface area contributed by atoms with E-state index in [2.05, 4.69) is 16.2 Å². The van der Waals surface area contributed by atoms with Gasteiger partial charge in [-0.2, -0.15) is 0 Å². The van der Waals surface area contributed by atoms with Crippen molar-refractivity contribution in [1.82, 2.24) is 21.5 Å². The second kappa shape index (κ2) is 5.83. The van der Waals surface area contributed by atoms with E-state index in [1.54, 1.807) is 30.3 Å². The van der Waals surface area contributed by atoms with E-state index in [1.807, 2.05) is 5.32 Å². The molecule has 5 amide bonds. The quantitative estimate of drug-likeness (QED) is 0.420. The molecular formula is C12H12N4O4. The molecule has 1 aliphatic rings. The normalized spacial score (nSPS) is 17.1. The molecule has 0 aromatic heterocycles. The van der Waals surface area contributed by atoms with Gasteiger partial charge in [0.05, 0.1) is 6.42 Å². The summed E-state index contributed by atoms with van der Waals surface area (Å²) in [5.41, 5.74) is 4.78. The molecule has 104 valence electrons. The number of urea groups is 1. The van der Waals surface area contributed by atoms with E-state index in [0.29, 0.717) is 5.56 Å². The fourth-order valence-electron chi connectivity index (χ4n) is 1.63. The number of hydrazine groups is 1. The van der Waals surface area contributed by atoms with Crippen molar-refractivity contribution in [3.63, 3.8) is 0 Å². The highest BCUT2D eigenvalue weighted by Crippen LogP contribution is 1.99. The van der Waals surface area contributed by atoms with E-state index in [-0.39, 0.29) is 6.42 Å². The molecular weight excluding hydrogens is 264 g/mol. The Morgan fingerprint density at radius 3 is 2.40 bits per heavy atom. The van der Waals surface area contributed by atoms with Crippen LogP contribution >= 0.6 is 0 Å². The fourth-order valence-corrected chi connectivity index (χ4v) is 1.63. The Bertz CT molecular complexity index is 558. The zero-order chi connectivity index (χ0) is 14.5. The van der Waals surface area contributed by atoms with E-state index >= 15 is 0 Å². The molecule has 1 aromatic rings. The van der Waals surface area contributed by atoms with Crippen LogP contribution in [-0.4, -0.2) is 29.8 Å². The van der Waals surface area contributed by atoms with Crippen molar-refractivity contribution in [3.05, 3.63) is 35.9 Å². The van der Waals surface area contributed by atoms with Gasteiger partial charge in [-0.3, -0.25) is 30.6 Å². The van der Waals surface area contributed by atoms with Crippen molar-refractivity contribution >= 4 is 23.8 Å². The first-order valence-corrected chi connectivity index (χ1v) is 5.82. The standard InChI is InChI=1S/C12H12N4O4/c17-9(6-8-11(19)14-12(20)13-8)15-16-10(18)7-4-2-1-3-5-7/h1-5,8H,6H2,(H,15,17)(H,16,18)(H2,13,14,19,20)/t8-/m1/s1. The van der Waals surface area contributed by atoms with Gasteiger partial charge < -0.3 is 5.32 Å². The average Bonchev–Trinajstić information content (AvgIpc) is 2.75. The maximum atomic E-state index is 11.6. The highest BCUT2D eigenvalue weighted by Gasteiger charge is 2.31. The molecule has 2 rings (SSSR count). The zero-order valence-electron chi connectivity index (χ0n) is 10.3. The van der Waals surface area contributed by atoms with Gasteiger partial charge in [-0.05, 0) is 12.1 Å². The lowest BCUT2D eigenvalue weighted by atomic mass is 10.2. The van der Waals surface area contributed by atoms with Crippen molar-refractivity contribution in [1.29, 1.82) is 0 Å². The minimum Gasteiger partial charge on any atom is -0.325 e. The molecule has 0 spiro atoms. The highest BCUT2D eigenvalue weighted by atomic mass is 16.2. The number of carbonyl (C=O) groups is 4. The molecule has 1 aliphatic heterocycles. The lowest BCUT2D eigenvalue weighted by molar-refractivity contribution is -0.126. The molecule has 20 heavy (non-hydrogen) atoms. The van der Waals surface area contributed by atoms with Crippen molar-refractivity contribution in [2.75, 3.05) is 0 Å². The first-order chi connectivity index (χ1) is 9.56. The SMILES string of the molecule is O=C(C[C@H]1NC(=O)NC1=O)NNC(=O)c1ccccc1. The Kier molecular flexibility index (Phi) is 3.94. The summed E-state index contributed by atoms with van der Waals surface area (Å²) in [5.74, 6) is -1.63. The molecule has 1 atom stereocenters. The molecule has 1 aromatic carbocycles. The van der Waals surface area contributed by atoms with E-state index < -0.39 is 29.8 Å². The topological polar surface area (TPSA) is 116 Å². The van der Waals surface area contributed by atoms with Crippen LogP contribution in [0.15, 0.2) is 30.3 Å². The summed E-state index contributed by atoms with van der Waals surface area (Å²) in [4.78, 5) is 45.2. The van der Waals surface area contributed by atoms with Crippen LogP contribution in [0.3, 0.4) is 0 Å². The Morgan fingerprint density at radius 2 is 1.80 bits per heavy atom. The van der Waals surface area contributed by atoms with Crippen LogP contribution in [0.4, 0.5) is 4.79 Å². The second-order valence-electron chi connectivity index (χ2n) is 4.09. The molecule has 0 radical (unpaired) electrons. The Labute approximate surface area is 113 Å². The first-order valence-electron chi connectivity index (χ1n) is 5.82. The number of hydrogen-bond acceptors (Lipinski definition) is 4. The number of imide groups is 1. The molecule has 1 heterocycles. The summed E-state index contributed by atoms with van der Waals surface area (Å²) in [5, 5.41) is 4.29. The third-order valence-electron chi connectivity index (χ3n) is 2.60. The molecule has 0 bridgehead atoms. The smallest absolute Gasteiger partial charge is 0.322 e. The van der Waals surface area contributed by atoms with Crippen LogP contribution in [0.25, 0.3) is 0 Å². The molecule has 0 aliphatic carbocycles. The molecule has 4 N–H and O–H groups in total. The summed E-state index contributed by atoms with van der Waals surface area (Å²) in [6.45, 7) is 0. The van der Waals surface area contributed by atoms with Gasteiger partial charge in [0, 0.05) is 5.56 Å². The highest BCUT2D eigenvalue weighted by molar-refractivity contribution is 6.05. The van der Waals surface area contributed by atoms with Gasteiger partial charge in [0.15, 0.2) is 0 Å². The first kappa shape index (κ1) is 13.5. The minimum atomic E-state index is -0.920. The van der Waals surface area contributed by atoms with Crippen molar-refractivity contribution in [3.8, 4) is 0 Å². The molecule has 8 nitrogen and oxygen atoms in total. The lowest BCUT2D eigenvalue weighted by Crippen LogP contribution is -2.44. The van der Waals surface area contributed by atoms with Crippen LogP contribution in [-0.2, 0) is 9.59 Å².